The summed E-state index contributed by atoms with van der Waals surface area (Å²) < 4.78 is 76.7. The van der Waals surface area contributed by atoms with Crippen LogP contribution in [0.25, 0.3) is 0 Å². The van der Waals surface area contributed by atoms with Gasteiger partial charge in [0.2, 0.25) is 0 Å². The highest BCUT2D eigenvalue weighted by molar-refractivity contribution is 6.31. The molecule has 5 rings (SSSR count). The SMILES string of the molecule is Cn1cnc(C2CC3CC(O)(C(F)(F)C(=O)NC4(C(F)F)COC4)CC3C2)c1C(=O)Nc1ccc(F)c(Cl)c1. The van der Waals surface area contributed by atoms with Crippen molar-refractivity contribution in [2.24, 2.45) is 18.9 Å². The van der Waals surface area contributed by atoms with E-state index in [4.69, 9.17) is 16.3 Å². The Bertz CT molecular complexity index is 1290. The third-order valence-electron chi connectivity index (χ3n) is 8.15. The maximum absolute atomic E-state index is 15.2. The van der Waals surface area contributed by atoms with Gasteiger partial charge in [-0.15, -0.1) is 0 Å². The number of carbonyl (C=O) groups excluding carboxylic acids is 2. The van der Waals surface area contributed by atoms with Crippen LogP contribution in [0.15, 0.2) is 24.5 Å². The molecule has 14 heteroatoms. The lowest BCUT2D eigenvalue weighted by Gasteiger charge is -2.43. The van der Waals surface area contributed by atoms with E-state index in [0.717, 1.165) is 6.07 Å². The maximum Gasteiger partial charge on any atom is 0.352 e. The first-order valence-corrected chi connectivity index (χ1v) is 12.7. The van der Waals surface area contributed by atoms with Crippen molar-refractivity contribution < 1.29 is 41.4 Å². The number of halogens is 6. The topological polar surface area (TPSA) is 105 Å². The first-order valence-electron chi connectivity index (χ1n) is 12.3. The van der Waals surface area contributed by atoms with Crippen LogP contribution < -0.4 is 10.6 Å². The van der Waals surface area contributed by atoms with Gasteiger partial charge in [0.1, 0.15) is 22.7 Å². The molecule has 2 aliphatic carbocycles. The van der Waals surface area contributed by atoms with Crippen molar-refractivity contribution in [1.29, 1.82) is 0 Å². The molecule has 39 heavy (non-hydrogen) atoms. The lowest BCUT2D eigenvalue weighted by molar-refractivity contribution is -0.205. The molecule has 1 saturated heterocycles. The minimum Gasteiger partial charge on any atom is -0.383 e. The molecule has 1 aliphatic heterocycles. The van der Waals surface area contributed by atoms with Crippen molar-refractivity contribution >= 4 is 29.1 Å². The highest BCUT2D eigenvalue weighted by Crippen LogP contribution is 2.57. The molecular weight excluding hydrogens is 551 g/mol. The Kier molecular flexibility index (Phi) is 6.91. The van der Waals surface area contributed by atoms with Crippen LogP contribution in [-0.4, -0.2) is 63.2 Å². The summed E-state index contributed by atoms with van der Waals surface area (Å²) in [5.74, 6) is -8.47. The molecule has 2 amide bonds. The van der Waals surface area contributed by atoms with Crippen molar-refractivity contribution in [2.45, 2.75) is 55.1 Å². The number of aryl methyl sites for hydroxylation is 1. The van der Waals surface area contributed by atoms with Gasteiger partial charge in [-0.1, -0.05) is 11.6 Å². The number of anilines is 1. The van der Waals surface area contributed by atoms with Gasteiger partial charge in [0.05, 0.1) is 30.3 Å². The van der Waals surface area contributed by atoms with Crippen LogP contribution >= 0.6 is 11.6 Å². The second-order valence-corrected chi connectivity index (χ2v) is 11.2. The number of ether oxygens (including phenoxy) is 1. The first kappa shape index (κ1) is 27.8. The van der Waals surface area contributed by atoms with Crippen LogP contribution in [0.4, 0.5) is 27.6 Å². The smallest absolute Gasteiger partial charge is 0.352 e. The number of nitrogens with zero attached hydrogens (tertiary/aromatic N) is 2. The standard InChI is InChI=1S/C25H26ClF5N4O4/c1-35-11-32-18(19(35)20(36)33-15-2-3-17(27)16(26)6-15)12-4-13-7-24(38,8-14(13)5-12)25(30,31)22(37)34-23(21(28)29)9-39-10-23/h2-3,6,11-14,21,38H,4-5,7-10H2,1H3,(H,33,36)(H,34,37). The van der Waals surface area contributed by atoms with E-state index in [9.17, 15) is 27.9 Å². The Hall–Kier alpha value is -2.77. The van der Waals surface area contributed by atoms with Crippen LogP contribution in [0.2, 0.25) is 5.02 Å². The van der Waals surface area contributed by atoms with Gasteiger partial charge in [-0.05, 0) is 55.7 Å². The number of fused-ring (bicyclic) bond motifs is 1. The van der Waals surface area contributed by atoms with E-state index in [-0.39, 0.29) is 22.3 Å². The Labute approximate surface area is 224 Å². The van der Waals surface area contributed by atoms with Crippen molar-refractivity contribution in [2.75, 3.05) is 18.5 Å². The predicted octanol–water partition coefficient (Wildman–Crippen LogP) is 3.89. The molecule has 2 aromatic rings. The number of aliphatic hydroxyl groups is 1. The van der Waals surface area contributed by atoms with Gasteiger partial charge in [0, 0.05) is 18.7 Å². The zero-order valence-electron chi connectivity index (χ0n) is 20.7. The number of aromatic nitrogens is 2. The molecule has 3 aliphatic rings. The van der Waals surface area contributed by atoms with Gasteiger partial charge in [0.25, 0.3) is 18.2 Å². The molecule has 2 heterocycles. The normalized spacial score (nSPS) is 27.8. The summed E-state index contributed by atoms with van der Waals surface area (Å²) in [6.07, 6.45) is -1.80. The summed E-state index contributed by atoms with van der Waals surface area (Å²) in [4.78, 5) is 29.8. The molecule has 2 unspecified atom stereocenters. The highest BCUT2D eigenvalue weighted by Gasteiger charge is 2.66. The van der Waals surface area contributed by atoms with Gasteiger partial charge < -0.3 is 25.0 Å². The largest absolute Gasteiger partial charge is 0.383 e. The molecule has 8 nitrogen and oxygen atoms in total. The third kappa shape index (κ3) is 4.67. The lowest BCUT2D eigenvalue weighted by Crippen LogP contribution is -2.70. The molecular formula is C25H26ClF5N4O4. The number of rotatable bonds is 7. The van der Waals surface area contributed by atoms with E-state index < -0.39 is 79.0 Å². The average molecular weight is 577 g/mol. The molecule has 212 valence electrons. The van der Waals surface area contributed by atoms with Crippen molar-refractivity contribution in [3.05, 3.63) is 46.8 Å². The molecule has 0 spiro atoms. The molecule has 3 fully saturated rings. The van der Waals surface area contributed by atoms with Gasteiger partial charge in [-0.2, -0.15) is 8.78 Å². The molecule has 2 atom stereocenters. The van der Waals surface area contributed by atoms with E-state index in [2.05, 4.69) is 10.3 Å². The van der Waals surface area contributed by atoms with Crippen LogP contribution in [0, 0.1) is 17.7 Å². The minimum absolute atomic E-state index is 0.162. The number of imidazole rings is 1. The predicted molar refractivity (Wildman–Crippen MR) is 128 cm³/mol. The number of nitrogens with one attached hydrogen (secondary N) is 2. The van der Waals surface area contributed by atoms with E-state index in [1.807, 2.05) is 0 Å². The van der Waals surface area contributed by atoms with Crippen LogP contribution in [0.5, 0.6) is 0 Å². The fraction of sp³-hybridized carbons (Fsp3) is 0.560. The maximum atomic E-state index is 15.2. The molecule has 2 saturated carbocycles. The minimum atomic E-state index is -4.29. The second kappa shape index (κ2) is 9.70. The van der Waals surface area contributed by atoms with Crippen LogP contribution in [-0.2, 0) is 16.6 Å². The summed E-state index contributed by atoms with van der Waals surface area (Å²) in [6, 6.07) is 3.74. The van der Waals surface area contributed by atoms with Crippen molar-refractivity contribution in [1.82, 2.24) is 14.9 Å². The Morgan fingerprint density at radius 3 is 2.41 bits per heavy atom. The Morgan fingerprint density at radius 2 is 1.87 bits per heavy atom. The fourth-order valence-corrected chi connectivity index (χ4v) is 6.20. The monoisotopic (exact) mass is 576 g/mol. The first-order chi connectivity index (χ1) is 18.3. The van der Waals surface area contributed by atoms with E-state index in [0.29, 0.717) is 18.5 Å². The van der Waals surface area contributed by atoms with Crippen LogP contribution in [0.1, 0.15) is 47.8 Å². The number of hydrogen-bond acceptors (Lipinski definition) is 5. The molecule has 1 aromatic heterocycles. The number of alkyl halides is 4. The molecule has 0 bridgehead atoms. The summed E-state index contributed by atoms with van der Waals surface area (Å²) in [7, 11) is 1.62. The quantitative estimate of drug-likeness (QED) is 0.434. The molecule has 0 radical (unpaired) electrons. The highest BCUT2D eigenvalue weighted by atomic mass is 35.5. The van der Waals surface area contributed by atoms with Crippen molar-refractivity contribution in [3.63, 3.8) is 0 Å². The summed E-state index contributed by atoms with van der Waals surface area (Å²) >= 11 is 5.79. The number of hydrogen-bond donors (Lipinski definition) is 3. The lowest BCUT2D eigenvalue weighted by atomic mass is 9.86. The number of carbonyl (C=O) groups is 2. The number of amides is 2. The molecule has 1 aromatic carbocycles. The summed E-state index contributed by atoms with van der Waals surface area (Å²) in [6.45, 7) is -1.18. The number of benzene rings is 1. The summed E-state index contributed by atoms with van der Waals surface area (Å²) in [5.41, 5.74) is -3.92. The van der Waals surface area contributed by atoms with Gasteiger partial charge in [-0.3, -0.25) is 9.59 Å². The zero-order valence-corrected chi connectivity index (χ0v) is 21.5. The van der Waals surface area contributed by atoms with E-state index >= 15 is 8.78 Å². The average Bonchev–Trinajstić information content (AvgIpc) is 3.49. The van der Waals surface area contributed by atoms with E-state index in [1.165, 1.54) is 23.0 Å². The van der Waals surface area contributed by atoms with Crippen molar-refractivity contribution in [3.8, 4) is 0 Å². The zero-order chi connectivity index (χ0) is 28.3. The third-order valence-corrected chi connectivity index (χ3v) is 8.44. The fourth-order valence-electron chi connectivity index (χ4n) is 6.02. The van der Waals surface area contributed by atoms with E-state index in [1.54, 1.807) is 12.4 Å². The Morgan fingerprint density at radius 1 is 1.23 bits per heavy atom. The second-order valence-electron chi connectivity index (χ2n) is 10.8. The van der Waals surface area contributed by atoms with Gasteiger partial charge in [-0.25, -0.2) is 18.2 Å². The van der Waals surface area contributed by atoms with Crippen LogP contribution in [0.3, 0.4) is 0 Å². The van der Waals surface area contributed by atoms with Gasteiger partial charge >= 0.3 is 5.92 Å². The Balaban J connectivity index is 1.27. The molecule has 3 N–H and O–H groups in total. The summed E-state index contributed by atoms with van der Waals surface area (Å²) in [5, 5.41) is 15.1. The van der Waals surface area contributed by atoms with Gasteiger partial charge in [0.15, 0.2) is 0 Å².